The van der Waals surface area contributed by atoms with Gasteiger partial charge in [0.1, 0.15) is 18.3 Å². The van der Waals surface area contributed by atoms with Crippen LogP contribution in [-0.4, -0.2) is 40.2 Å². The summed E-state index contributed by atoms with van der Waals surface area (Å²) in [5.41, 5.74) is 0. The highest BCUT2D eigenvalue weighted by molar-refractivity contribution is 4.96. The van der Waals surface area contributed by atoms with Crippen molar-refractivity contribution in [2.24, 2.45) is 0 Å². The van der Waals surface area contributed by atoms with Crippen LogP contribution in [0.15, 0.2) is 12.3 Å². The number of rotatable bonds is 1. The van der Waals surface area contributed by atoms with Gasteiger partial charge in [0.15, 0.2) is 0 Å². The fourth-order valence-corrected chi connectivity index (χ4v) is 0.792. The minimum Gasteiger partial charge on any atom is -0.493 e. The molecule has 3 N–H and O–H groups in total. The summed E-state index contributed by atoms with van der Waals surface area (Å²) in [6.45, 7) is -0.289. The Morgan fingerprint density at radius 1 is 1.40 bits per heavy atom. The van der Waals surface area contributed by atoms with Crippen LogP contribution in [0.1, 0.15) is 0 Å². The van der Waals surface area contributed by atoms with E-state index in [0.29, 0.717) is 0 Å². The van der Waals surface area contributed by atoms with Gasteiger partial charge in [0.05, 0.1) is 12.9 Å². The largest absolute Gasteiger partial charge is 0.493 e. The molecular formula is C6H10O4. The Morgan fingerprint density at radius 2 is 2.10 bits per heavy atom. The highest BCUT2D eigenvalue weighted by atomic mass is 16.5. The molecule has 0 aliphatic carbocycles. The van der Waals surface area contributed by atoms with E-state index in [4.69, 9.17) is 20.1 Å². The van der Waals surface area contributed by atoms with E-state index in [0.717, 1.165) is 0 Å². The van der Waals surface area contributed by atoms with Gasteiger partial charge in [-0.1, -0.05) is 0 Å². The number of aliphatic hydroxyl groups is 3. The highest BCUT2D eigenvalue weighted by Gasteiger charge is 2.27. The summed E-state index contributed by atoms with van der Waals surface area (Å²) in [6, 6.07) is 0. The van der Waals surface area contributed by atoms with Crippen molar-refractivity contribution in [2.45, 2.75) is 18.3 Å². The van der Waals surface area contributed by atoms with Gasteiger partial charge in [-0.15, -0.1) is 0 Å². The molecule has 0 aromatic carbocycles. The van der Waals surface area contributed by atoms with Gasteiger partial charge >= 0.3 is 0 Å². The summed E-state index contributed by atoms with van der Waals surface area (Å²) in [4.78, 5) is 0. The van der Waals surface area contributed by atoms with Gasteiger partial charge in [-0.05, 0) is 6.08 Å². The molecule has 0 radical (unpaired) electrons. The smallest absolute Gasteiger partial charge is 0.149 e. The van der Waals surface area contributed by atoms with Gasteiger partial charge in [0.25, 0.3) is 0 Å². The van der Waals surface area contributed by atoms with Gasteiger partial charge in [-0.3, -0.25) is 0 Å². The van der Waals surface area contributed by atoms with Crippen LogP contribution in [0, 0.1) is 0 Å². The molecule has 0 aromatic heterocycles. The molecule has 10 heavy (non-hydrogen) atoms. The molecule has 0 aromatic rings. The standard InChI is InChI=1S/C6H10O4/c7-3-5-6(9)4(8)1-2-10-5/h1-2,4-9H,3H2/t4-,5+,6+/m1/s1. The van der Waals surface area contributed by atoms with Crippen LogP contribution in [0.4, 0.5) is 0 Å². The molecular weight excluding hydrogens is 136 g/mol. The second-order valence-corrected chi connectivity index (χ2v) is 2.17. The van der Waals surface area contributed by atoms with E-state index in [9.17, 15) is 0 Å². The van der Waals surface area contributed by atoms with Gasteiger partial charge < -0.3 is 20.1 Å². The van der Waals surface area contributed by atoms with Crippen LogP contribution in [0.25, 0.3) is 0 Å². The van der Waals surface area contributed by atoms with E-state index in [-0.39, 0.29) is 6.61 Å². The van der Waals surface area contributed by atoms with Crippen LogP contribution in [-0.2, 0) is 4.74 Å². The lowest BCUT2D eigenvalue weighted by Gasteiger charge is -2.26. The van der Waals surface area contributed by atoms with E-state index >= 15 is 0 Å². The van der Waals surface area contributed by atoms with E-state index < -0.39 is 18.3 Å². The van der Waals surface area contributed by atoms with Crippen LogP contribution >= 0.6 is 0 Å². The summed E-state index contributed by atoms with van der Waals surface area (Å²) in [5.74, 6) is 0. The molecule has 3 atom stereocenters. The lowest BCUT2D eigenvalue weighted by atomic mass is 10.1. The van der Waals surface area contributed by atoms with Gasteiger partial charge in [0, 0.05) is 0 Å². The van der Waals surface area contributed by atoms with Crippen LogP contribution in [0.2, 0.25) is 0 Å². The average Bonchev–Trinajstić information content (AvgIpc) is 1.95. The van der Waals surface area contributed by atoms with Crippen molar-refractivity contribution in [1.29, 1.82) is 0 Å². The first-order valence-electron chi connectivity index (χ1n) is 3.05. The summed E-state index contributed by atoms with van der Waals surface area (Å²) >= 11 is 0. The molecule has 1 aliphatic heterocycles. The topological polar surface area (TPSA) is 69.9 Å². The molecule has 58 valence electrons. The number of hydrogen-bond donors (Lipinski definition) is 3. The first kappa shape index (κ1) is 7.53. The molecule has 0 saturated heterocycles. The molecule has 1 aliphatic rings. The Bertz CT molecular complexity index is 134. The summed E-state index contributed by atoms with van der Waals surface area (Å²) in [5, 5.41) is 26.6. The first-order valence-corrected chi connectivity index (χ1v) is 3.05. The zero-order valence-electron chi connectivity index (χ0n) is 5.34. The van der Waals surface area contributed by atoms with E-state index in [1.807, 2.05) is 0 Å². The van der Waals surface area contributed by atoms with Gasteiger partial charge in [0.2, 0.25) is 0 Å². The maximum absolute atomic E-state index is 9.05. The molecule has 0 saturated carbocycles. The third-order valence-electron chi connectivity index (χ3n) is 1.44. The monoisotopic (exact) mass is 146 g/mol. The van der Waals surface area contributed by atoms with E-state index in [1.54, 1.807) is 0 Å². The Hall–Kier alpha value is -0.580. The Labute approximate surface area is 58.4 Å². The lowest BCUT2D eigenvalue weighted by Crippen LogP contribution is -2.42. The van der Waals surface area contributed by atoms with E-state index in [1.165, 1.54) is 12.3 Å². The highest BCUT2D eigenvalue weighted by Crippen LogP contribution is 2.10. The zero-order chi connectivity index (χ0) is 7.56. The van der Waals surface area contributed by atoms with Crippen molar-refractivity contribution in [3.05, 3.63) is 12.3 Å². The minimum atomic E-state index is -1.02. The molecule has 4 nitrogen and oxygen atoms in total. The normalized spacial score (nSPS) is 39.3. The van der Waals surface area contributed by atoms with Gasteiger partial charge in [-0.25, -0.2) is 0 Å². The lowest BCUT2D eigenvalue weighted by molar-refractivity contribution is -0.0808. The summed E-state index contributed by atoms with van der Waals surface area (Å²) < 4.78 is 4.77. The molecule has 1 rings (SSSR count). The maximum Gasteiger partial charge on any atom is 0.149 e. The SMILES string of the molecule is OC[C@@H]1OC=C[C@@H](O)[C@@H]1O. The van der Waals surface area contributed by atoms with Crippen LogP contribution in [0.5, 0.6) is 0 Å². The Kier molecular flexibility index (Phi) is 2.26. The average molecular weight is 146 g/mol. The van der Waals surface area contributed by atoms with Crippen molar-refractivity contribution < 1.29 is 20.1 Å². The molecule has 4 heteroatoms. The van der Waals surface area contributed by atoms with Crippen molar-refractivity contribution >= 4 is 0 Å². The molecule has 0 unspecified atom stereocenters. The summed E-state index contributed by atoms with van der Waals surface area (Å²) in [7, 11) is 0. The predicted octanol–water partition coefficient (Wildman–Crippen LogP) is -1.39. The van der Waals surface area contributed by atoms with Crippen LogP contribution in [0.3, 0.4) is 0 Å². The maximum atomic E-state index is 9.05. The fraction of sp³-hybridized carbons (Fsp3) is 0.667. The molecule has 1 heterocycles. The van der Waals surface area contributed by atoms with Gasteiger partial charge in [-0.2, -0.15) is 0 Å². The summed E-state index contributed by atoms with van der Waals surface area (Å²) in [6.07, 6.45) is -0.0318. The Morgan fingerprint density at radius 3 is 2.60 bits per heavy atom. The molecule has 0 spiro atoms. The molecule has 0 bridgehead atoms. The first-order chi connectivity index (χ1) is 4.75. The second kappa shape index (κ2) is 3.01. The number of ether oxygens (including phenoxy) is 1. The molecule has 0 amide bonds. The zero-order valence-corrected chi connectivity index (χ0v) is 5.34. The second-order valence-electron chi connectivity index (χ2n) is 2.17. The Balaban J connectivity index is 2.56. The van der Waals surface area contributed by atoms with Crippen molar-refractivity contribution in [2.75, 3.05) is 6.61 Å². The number of aliphatic hydroxyl groups excluding tert-OH is 3. The van der Waals surface area contributed by atoms with Crippen molar-refractivity contribution in [3.8, 4) is 0 Å². The third-order valence-corrected chi connectivity index (χ3v) is 1.44. The number of hydrogen-bond acceptors (Lipinski definition) is 4. The quantitative estimate of drug-likeness (QED) is 0.426. The minimum absolute atomic E-state index is 0.289. The van der Waals surface area contributed by atoms with E-state index in [2.05, 4.69) is 0 Å². The molecule has 0 fully saturated rings. The third kappa shape index (κ3) is 1.29. The van der Waals surface area contributed by atoms with Crippen molar-refractivity contribution in [1.82, 2.24) is 0 Å². The van der Waals surface area contributed by atoms with Crippen molar-refractivity contribution in [3.63, 3.8) is 0 Å². The fourth-order valence-electron chi connectivity index (χ4n) is 0.792. The van der Waals surface area contributed by atoms with Crippen LogP contribution < -0.4 is 0 Å². The predicted molar refractivity (Wildman–Crippen MR) is 33.1 cm³/mol.